The molecule has 1 aliphatic rings. The molecule has 0 unspecified atom stereocenters. The highest BCUT2D eigenvalue weighted by atomic mass is 32.2. The number of halogens is 2. The molecule has 1 N–H and O–H groups in total. The molecule has 0 heterocycles. The third kappa shape index (κ3) is 5.16. The van der Waals surface area contributed by atoms with Gasteiger partial charge in [-0.25, -0.2) is 21.9 Å². The van der Waals surface area contributed by atoms with Gasteiger partial charge in [0.05, 0.1) is 4.90 Å². The Hall–Kier alpha value is -1.83. The lowest BCUT2D eigenvalue weighted by atomic mass is 9.86. The van der Waals surface area contributed by atoms with Crippen LogP contribution in [0.3, 0.4) is 0 Å². The van der Waals surface area contributed by atoms with E-state index in [1.807, 2.05) is 0 Å². The Balaban J connectivity index is 1.66. The first kappa shape index (κ1) is 20.9. The van der Waals surface area contributed by atoms with Crippen molar-refractivity contribution < 1.29 is 17.2 Å². The first-order chi connectivity index (χ1) is 13.2. The molecule has 1 aliphatic carbocycles. The minimum Gasteiger partial charge on any atom is -0.309 e. The summed E-state index contributed by atoms with van der Waals surface area (Å²) in [6.45, 7) is 1.03. The highest BCUT2D eigenvalue weighted by Gasteiger charge is 2.26. The molecule has 0 radical (unpaired) electrons. The fourth-order valence-electron chi connectivity index (χ4n) is 3.80. The lowest BCUT2D eigenvalue weighted by molar-refractivity contribution is 0.244. The Labute approximate surface area is 165 Å². The Bertz CT molecular complexity index is 907. The second-order valence-electron chi connectivity index (χ2n) is 7.75. The minimum absolute atomic E-state index is 0.0577. The topological polar surface area (TPSA) is 49.4 Å². The summed E-state index contributed by atoms with van der Waals surface area (Å²) < 4.78 is 55.1. The van der Waals surface area contributed by atoms with E-state index in [0.29, 0.717) is 11.5 Å². The second kappa shape index (κ2) is 8.68. The van der Waals surface area contributed by atoms with E-state index in [0.717, 1.165) is 38.3 Å². The van der Waals surface area contributed by atoms with Crippen molar-refractivity contribution in [2.24, 2.45) is 5.92 Å². The lowest BCUT2D eigenvalue weighted by Gasteiger charge is -2.30. The van der Waals surface area contributed by atoms with Crippen LogP contribution in [0.1, 0.15) is 25.7 Å². The summed E-state index contributed by atoms with van der Waals surface area (Å²) in [6, 6.07) is 9.27. The second-order valence-corrected chi connectivity index (χ2v) is 9.46. The SMILES string of the molecule is CN(C)C[C@H]1CC[C@@H](NS(=O)(=O)c2ccc(-c3ccc(F)cc3F)cc2)CC1. The van der Waals surface area contributed by atoms with Crippen LogP contribution in [-0.4, -0.2) is 40.0 Å². The third-order valence-corrected chi connectivity index (χ3v) is 6.74. The Morgan fingerprint density at radius 3 is 2.21 bits per heavy atom. The van der Waals surface area contributed by atoms with E-state index in [1.165, 1.54) is 24.3 Å². The van der Waals surface area contributed by atoms with Gasteiger partial charge in [-0.2, -0.15) is 0 Å². The molecule has 0 aromatic heterocycles. The standard InChI is InChI=1S/C21H26F2N2O2S/c1-25(2)14-15-3-8-18(9-4-15)24-28(26,27)19-10-5-16(6-11-19)20-12-7-17(22)13-21(20)23/h5-7,10-13,15,18,24H,3-4,8-9,14H2,1-2H3/t15-,18+. The Kier molecular flexibility index (Phi) is 6.47. The predicted octanol–water partition coefficient (Wildman–Crippen LogP) is 4.03. The Morgan fingerprint density at radius 1 is 1.00 bits per heavy atom. The Morgan fingerprint density at radius 2 is 1.64 bits per heavy atom. The lowest BCUT2D eigenvalue weighted by Crippen LogP contribution is -2.38. The number of hydrogen-bond donors (Lipinski definition) is 1. The van der Waals surface area contributed by atoms with Crippen molar-refractivity contribution in [2.45, 2.75) is 36.6 Å². The van der Waals surface area contributed by atoms with Crippen LogP contribution in [0, 0.1) is 17.6 Å². The van der Waals surface area contributed by atoms with Gasteiger partial charge in [-0.3, -0.25) is 0 Å². The van der Waals surface area contributed by atoms with Crippen LogP contribution in [0.15, 0.2) is 47.4 Å². The molecule has 4 nitrogen and oxygen atoms in total. The summed E-state index contributed by atoms with van der Waals surface area (Å²) in [6.07, 6.45) is 3.68. The largest absolute Gasteiger partial charge is 0.309 e. The van der Waals surface area contributed by atoms with E-state index in [4.69, 9.17) is 0 Å². The molecule has 0 amide bonds. The average molecular weight is 409 g/mol. The maximum Gasteiger partial charge on any atom is 0.240 e. The van der Waals surface area contributed by atoms with Crippen molar-refractivity contribution in [3.63, 3.8) is 0 Å². The van der Waals surface area contributed by atoms with E-state index in [9.17, 15) is 17.2 Å². The van der Waals surface area contributed by atoms with Gasteiger partial charge in [0.1, 0.15) is 11.6 Å². The molecule has 0 atom stereocenters. The number of hydrogen-bond acceptors (Lipinski definition) is 3. The molecular formula is C21H26F2N2O2S. The van der Waals surface area contributed by atoms with Gasteiger partial charge in [0, 0.05) is 24.2 Å². The molecule has 2 aromatic carbocycles. The summed E-state index contributed by atoms with van der Waals surface area (Å²) in [5, 5.41) is 0. The summed E-state index contributed by atoms with van der Waals surface area (Å²) in [4.78, 5) is 2.31. The summed E-state index contributed by atoms with van der Waals surface area (Å²) in [7, 11) is 0.473. The minimum atomic E-state index is -3.63. The van der Waals surface area contributed by atoms with E-state index < -0.39 is 21.7 Å². The molecule has 1 fully saturated rings. The van der Waals surface area contributed by atoms with Crippen LogP contribution in [0.5, 0.6) is 0 Å². The average Bonchev–Trinajstić information content (AvgIpc) is 2.63. The summed E-state index contributed by atoms with van der Waals surface area (Å²) in [5.41, 5.74) is 0.734. The summed E-state index contributed by atoms with van der Waals surface area (Å²) >= 11 is 0. The predicted molar refractivity (Wildman–Crippen MR) is 106 cm³/mol. The number of nitrogens with one attached hydrogen (secondary N) is 1. The molecule has 7 heteroatoms. The van der Waals surface area contributed by atoms with Crippen molar-refractivity contribution in [3.05, 3.63) is 54.1 Å². The number of benzene rings is 2. The molecule has 2 aromatic rings. The maximum absolute atomic E-state index is 13.9. The quantitative estimate of drug-likeness (QED) is 0.785. The van der Waals surface area contributed by atoms with Crippen molar-refractivity contribution in [1.82, 2.24) is 9.62 Å². The van der Waals surface area contributed by atoms with E-state index in [2.05, 4.69) is 23.7 Å². The van der Waals surface area contributed by atoms with Crippen LogP contribution >= 0.6 is 0 Å². The van der Waals surface area contributed by atoms with Gasteiger partial charge in [0.2, 0.25) is 10.0 Å². The van der Waals surface area contributed by atoms with Crippen molar-refractivity contribution >= 4 is 10.0 Å². The number of nitrogens with zero attached hydrogens (tertiary/aromatic N) is 1. The van der Waals surface area contributed by atoms with E-state index in [-0.39, 0.29) is 16.5 Å². The van der Waals surface area contributed by atoms with Crippen molar-refractivity contribution in [1.29, 1.82) is 0 Å². The van der Waals surface area contributed by atoms with Gasteiger partial charge >= 0.3 is 0 Å². The first-order valence-corrected chi connectivity index (χ1v) is 11.0. The normalized spacial score (nSPS) is 20.5. The van der Waals surface area contributed by atoms with Crippen LogP contribution in [-0.2, 0) is 10.0 Å². The monoisotopic (exact) mass is 408 g/mol. The zero-order valence-corrected chi connectivity index (χ0v) is 17.0. The number of sulfonamides is 1. The zero-order valence-electron chi connectivity index (χ0n) is 16.2. The van der Waals surface area contributed by atoms with Crippen molar-refractivity contribution in [3.8, 4) is 11.1 Å². The van der Waals surface area contributed by atoms with Crippen LogP contribution in [0.25, 0.3) is 11.1 Å². The highest BCUT2D eigenvalue weighted by molar-refractivity contribution is 7.89. The molecule has 152 valence electrons. The van der Waals surface area contributed by atoms with Gasteiger partial charge in [-0.15, -0.1) is 0 Å². The van der Waals surface area contributed by atoms with E-state index >= 15 is 0 Å². The molecule has 0 spiro atoms. The molecule has 0 saturated heterocycles. The van der Waals surface area contributed by atoms with Gasteiger partial charge in [0.15, 0.2) is 0 Å². The molecule has 28 heavy (non-hydrogen) atoms. The van der Waals surface area contributed by atoms with E-state index in [1.54, 1.807) is 12.1 Å². The fourth-order valence-corrected chi connectivity index (χ4v) is 5.11. The summed E-state index contributed by atoms with van der Waals surface area (Å²) in [5.74, 6) is -0.714. The molecule has 3 rings (SSSR count). The fraction of sp³-hybridized carbons (Fsp3) is 0.429. The van der Waals surface area contributed by atoms with Crippen LogP contribution in [0.2, 0.25) is 0 Å². The molecular weight excluding hydrogens is 382 g/mol. The van der Waals surface area contributed by atoms with Crippen molar-refractivity contribution in [2.75, 3.05) is 20.6 Å². The number of rotatable bonds is 6. The smallest absolute Gasteiger partial charge is 0.240 e. The first-order valence-electron chi connectivity index (χ1n) is 9.47. The van der Waals surface area contributed by atoms with Gasteiger partial charge in [0.25, 0.3) is 0 Å². The molecule has 1 saturated carbocycles. The van der Waals surface area contributed by atoms with Gasteiger partial charge in [-0.05, 0) is 75.5 Å². The van der Waals surface area contributed by atoms with Gasteiger partial charge in [-0.1, -0.05) is 12.1 Å². The zero-order chi connectivity index (χ0) is 20.3. The van der Waals surface area contributed by atoms with Crippen LogP contribution < -0.4 is 4.72 Å². The maximum atomic E-state index is 13.9. The molecule has 0 bridgehead atoms. The van der Waals surface area contributed by atoms with Gasteiger partial charge < -0.3 is 4.90 Å². The third-order valence-electron chi connectivity index (χ3n) is 5.20. The highest BCUT2D eigenvalue weighted by Crippen LogP contribution is 2.27. The van der Waals surface area contributed by atoms with Crippen LogP contribution in [0.4, 0.5) is 8.78 Å². The molecule has 0 aliphatic heterocycles.